The predicted octanol–water partition coefficient (Wildman–Crippen LogP) is 0.668. The molecule has 3 amide bonds. The van der Waals surface area contributed by atoms with Crippen LogP contribution in [-0.2, 0) is 14.4 Å². The molecule has 2 aliphatic heterocycles. The van der Waals surface area contributed by atoms with Gasteiger partial charge in [0.2, 0.25) is 11.8 Å². The number of hydrogen-bond acceptors (Lipinski definition) is 4. The Kier molecular flexibility index (Phi) is 5.43. The summed E-state index contributed by atoms with van der Waals surface area (Å²) in [5.41, 5.74) is 0. The van der Waals surface area contributed by atoms with Gasteiger partial charge in [0.05, 0.1) is 0 Å². The van der Waals surface area contributed by atoms with E-state index in [1.54, 1.807) is 34.1 Å². The van der Waals surface area contributed by atoms with E-state index in [1.165, 1.54) is 0 Å². The molecule has 1 atom stereocenters. The van der Waals surface area contributed by atoms with Gasteiger partial charge in [-0.25, -0.2) is 0 Å². The minimum absolute atomic E-state index is 0.0474. The van der Waals surface area contributed by atoms with Crippen LogP contribution in [0.15, 0.2) is 24.3 Å². The summed E-state index contributed by atoms with van der Waals surface area (Å²) in [6.07, 6.45) is 0.947. The van der Waals surface area contributed by atoms with Gasteiger partial charge in [0.1, 0.15) is 11.8 Å². The number of rotatable bonds is 4. The van der Waals surface area contributed by atoms with Gasteiger partial charge in [0.25, 0.3) is 5.91 Å². The van der Waals surface area contributed by atoms with Crippen molar-refractivity contribution in [1.82, 2.24) is 15.1 Å². The zero-order valence-electron chi connectivity index (χ0n) is 13.7. The third kappa shape index (κ3) is 4.42. The van der Waals surface area contributed by atoms with Crippen LogP contribution in [0.25, 0.3) is 0 Å². The van der Waals surface area contributed by atoms with Crippen LogP contribution < -0.4 is 10.1 Å². The summed E-state index contributed by atoms with van der Waals surface area (Å²) in [4.78, 5) is 39.2. The number of amides is 3. The molecule has 25 heavy (non-hydrogen) atoms. The Hall–Kier alpha value is -2.28. The Morgan fingerprint density at radius 2 is 1.76 bits per heavy atom. The molecule has 0 aliphatic carbocycles. The highest BCUT2D eigenvalue weighted by Gasteiger charge is 2.32. The lowest BCUT2D eigenvalue weighted by molar-refractivity contribution is -0.141. The highest BCUT2D eigenvalue weighted by molar-refractivity contribution is 6.30. The smallest absolute Gasteiger partial charge is 0.260 e. The summed E-state index contributed by atoms with van der Waals surface area (Å²) < 4.78 is 5.47. The summed E-state index contributed by atoms with van der Waals surface area (Å²) in [6.45, 7) is 1.83. The number of nitrogens with zero attached hydrogens (tertiary/aromatic N) is 2. The lowest BCUT2D eigenvalue weighted by Gasteiger charge is -2.35. The van der Waals surface area contributed by atoms with Crippen LogP contribution in [0.4, 0.5) is 0 Å². The number of ether oxygens (including phenoxy) is 1. The van der Waals surface area contributed by atoms with Crippen molar-refractivity contribution in [1.29, 1.82) is 0 Å². The van der Waals surface area contributed by atoms with Crippen LogP contribution in [0.5, 0.6) is 5.75 Å². The number of hydrogen-bond donors (Lipinski definition) is 1. The van der Waals surface area contributed by atoms with Crippen LogP contribution in [0, 0.1) is 0 Å². The third-order valence-corrected chi connectivity index (χ3v) is 4.67. The van der Waals surface area contributed by atoms with Crippen LogP contribution in [0.1, 0.15) is 12.8 Å². The second-order valence-corrected chi connectivity index (χ2v) is 6.54. The molecule has 0 spiro atoms. The van der Waals surface area contributed by atoms with E-state index in [9.17, 15) is 14.4 Å². The van der Waals surface area contributed by atoms with E-state index in [1.807, 2.05) is 0 Å². The first kappa shape index (κ1) is 17.5. The molecule has 1 aromatic carbocycles. The summed E-state index contributed by atoms with van der Waals surface area (Å²) in [5.74, 6) is 0.335. The van der Waals surface area contributed by atoms with Crippen LogP contribution in [0.3, 0.4) is 0 Å². The minimum atomic E-state index is -0.414. The van der Waals surface area contributed by atoms with Crippen molar-refractivity contribution in [3.05, 3.63) is 29.3 Å². The van der Waals surface area contributed by atoms with E-state index in [0.29, 0.717) is 49.8 Å². The van der Waals surface area contributed by atoms with E-state index in [4.69, 9.17) is 16.3 Å². The molecular weight excluding hydrogens is 346 g/mol. The third-order valence-electron chi connectivity index (χ3n) is 4.41. The Morgan fingerprint density at radius 3 is 2.36 bits per heavy atom. The van der Waals surface area contributed by atoms with Gasteiger partial charge in [-0.1, -0.05) is 11.6 Å². The number of piperazine rings is 1. The molecule has 8 heteroatoms. The molecule has 134 valence electrons. The molecular formula is C17H20ClN3O4. The maximum Gasteiger partial charge on any atom is 0.260 e. The molecule has 0 saturated carbocycles. The molecule has 1 aromatic rings. The van der Waals surface area contributed by atoms with E-state index < -0.39 is 6.04 Å². The average molecular weight is 366 g/mol. The topological polar surface area (TPSA) is 79.0 Å². The summed E-state index contributed by atoms with van der Waals surface area (Å²) in [5, 5.41) is 3.30. The second-order valence-electron chi connectivity index (χ2n) is 6.11. The number of halogens is 1. The molecule has 0 radical (unpaired) electrons. The average Bonchev–Trinajstić information content (AvgIpc) is 3.07. The number of carbonyl (C=O) groups excluding carboxylic acids is 3. The van der Waals surface area contributed by atoms with Gasteiger partial charge in [0.15, 0.2) is 6.61 Å². The van der Waals surface area contributed by atoms with Gasteiger partial charge in [-0.2, -0.15) is 0 Å². The molecule has 7 nitrogen and oxygen atoms in total. The number of benzene rings is 1. The Balaban J connectivity index is 1.43. The molecule has 2 fully saturated rings. The second kappa shape index (κ2) is 7.74. The van der Waals surface area contributed by atoms with Crippen molar-refractivity contribution in [2.45, 2.75) is 18.9 Å². The molecule has 0 bridgehead atoms. The van der Waals surface area contributed by atoms with Crippen molar-refractivity contribution < 1.29 is 19.1 Å². The SMILES string of the molecule is O=C1CCC(C(=O)N2CCN(C(=O)COc3ccc(Cl)cc3)CC2)N1. The van der Waals surface area contributed by atoms with Crippen LogP contribution in [0.2, 0.25) is 5.02 Å². The van der Waals surface area contributed by atoms with E-state index in [2.05, 4.69) is 5.32 Å². The first-order valence-corrected chi connectivity index (χ1v) is 8.65. The van der Waals surface area contributed by atoms with Gasteiger partial charge >= 0.3 is 0 Å². The van der Waals surface area contributed by atoms with Crippen molar-refractivity contribution >= 4 is 29.3 Å². The first-order valence-electron chi connectivity index (χ1n) is 8.27. The number of carbonyl (C=O) groups is 3. The van der Waals surface area contributed by atoms with Gasteiger partial charge < -0.3 is 19.9 Å². The van der Waals surface area contributed by atoms with Gasteiger partial charge in [-0.05, 0) is 30.7 Å². The largest absolute Gasteiger partial charge is 0.484 e. The standard InChI is InChI=1S/C17H20ClN3O4/c18-12-1-3-13(4-2-12)25-11-16(23)20-7-9-21(10-8-20)17(24)14-5-6-15(22)19-14/h1-4,14H,5-11H2,(H,19,22). The van der Waals surface area contributed by atoms with Gasteiger partial charge in [-0.3, -0.25) is 14.4 Å². The quantitative estimate of drug-likeness (QED) is 0.850. The Morgan fingerprint density at radius 1 is 1.12 bits per heavy atom. The fourth-order valence-corrected chi connectivity index (χ4v) is 3.09. The van der Waals surface area contributed by atoms with Crippen LogP contribution in [-0.4, -0.2) is 66.3 Å². The maximum atomic E-state index is 12.3. The maximum absolute atomic E-state index is 12.3. The van der Waals surface area contributed by atoms with Gasteiger partial charge in [0, 0.05) is 37.6 Å². The van der Waals surface area contributed by atoms with E-state index >= 15 is 0 Å². The normalized spacial score (nSPS) is 20.4. The zero-order valence-corrected chi connectivity index (χ0v) is 14.5. The lowest BCUT2D eigenvalue weighted by Crippen LogP contribution is -2.55. The molecule has 3 rings (SSSR count). The number of nitrogens with one attached hydrogen (secondary N) is 1. The van der Waals surface area contributed by atoms with Crippen molar-refractivity contribution in [2.24, 2.45) is 0 Å². The molecule has 0 aromatic heterocycles. The fraction of sp³-hybridized carbons (Fsp3) is 0.471. The molecule has 1 unspecified atom stereocenters. The lowest BCUT2D eigenvalue weighted by atomic mass is 10.2. The Bertz CT molecular complexity index is 656. The predicted molar refractivity (Wildman–Crippen MR) is 91.3 cm³/mol. The Labute approximate surface area is 150 Å². The van der Waals surface area contributed by atoms with Crippen molar-refractivity contribution in [2.75, 3.05) is 32.8 Å². The summed E-state index contributed by atoms with van der Waals surface area (Å²) >= 11 is 5.80. The zero-order chi connectivity index (χ0) is 17.8. The molecule has 2 saturated heterocycles. The molecule has 1 N–H and O–H groups in total. The van der Waals surface area contributed by atoms with Gasteiger partial charge in [-0.15, -0.1) is 0 Å². The molecule has 2 aliphatic rings. The van der Waals surface area contributed by atoms with Crippen LogP contribution >= 0.6 is 11.6 Å². The summed E-state index contributed by atoms with van der Waals surface area (Å²) in [7, 11) is 0. The summed E-state index contributed by atoms with van der Waals surface area (Å²) in [6, 6.07) is 6.41. The highest BCUT2D eigenvalue weighted by atomic mass is 35.5. The highest BCUT2D eigenvalue weighted by Crippen LogP contribution is 2.16. The van der Waals surface area contributed by atoms with E-state index in [0.717, 1.165) is 0 Å². The van der Waals surface area contributed by atoms with E-state index in [-0.39, 0.29) is 24.3 Å². The first-order chi connectivity index (χ1) is 12.0. The van der Waals surface area contributed by atoms with Crippen molar-refractivity contribution in [3.8, 4) is 5.75 Å². The minimum Gasteiger partial charge on any atom is -0.484 e. The van der Waals surface area contributed by atoms with Crippen molar-refractivity contribution in [3.63, 3.8) is 0 Å². The monoisotopic (exact) mass is 365 g/mol. The molecule has 2 heterocycles. The fourth-order valence-electron chi connectivity index (χ4n) is 2.96.